The van der Waals surface area contributed by atoms with Crippen LogP contribution in [-0.4, -0.2) is 25.1 Å². The van der Waals surface area contributed by atoms with Gasteiger partial charge in [-0.3, -0.25) is 4.79 Å². The maximum absolute atomic E-state index is 12.9. The predicted octanol–water partition coefficient (Wildman–Crippen LogP) is 3.40. The number of carbonyl (C=O) groups is 1. The molecule has 0 aliphatic heterocycles. The first-order chi connectivity index (χ1) is 10.8. The summed E-state index contributed by atoms with van der Waals surface area (Å²) in [5.74, 6) is 0.0114. The molecule has 23 heavy (non-hydrogen) atoms. The molecule has 2 aromatic rings. The van der Waals surface area contributed by atoms with Crippen molar-refractivity contribution in [1.82, 2.24) is 5.16 Å². The second-order valence-corrected chi connectivity index (χ2v) is 8.69. The number of hydrogen-bond donors (Lipinski definition) is 0. The van der Waals surface area contributed by atoms with E-state index in [-0.39, 0.29) is 26.6 Å². The van der Waals surface area contributed by atoms with Gasteiger partial charge in [0.1, 0.15) is 0 Å². The zero-order valence-corrected chi connectivity index (χ0v) is 14.4. The fraction of sp³-hybridized carbons (Fsp3) is 0.375. The predicted molar refractivity (Wildman–Crippen MR) is 85.7 cm³/mol. The molecule has 1 saturated carbocycles. The van der Waals surface area contributed by atoms with Crippen molar-refractivity contribution in [3.63, 3.8) is 0 Å². The van der Waals surface area contributed by atoms with Crippen molar-refractivity contribution in [2.75, 3.05) is 5.75 Å². The van der Waals surface area contributed by atoms with Gasteiger partial charge >= 0.3 is 0 Å². The van der Waals surface area contributed by atoms with Crippen LogP contribution in [-0.2, 0) is 15.3 Å². The lowest BCUT2D eigenvalue weighted by molar-refractivity contribution is 0.103. The van der Waals surface area contributed by atoms with E-state index in [4.69, 9.17) is 16.1 Å². The quantitative estimate of drug-likeness (QED) is 0.770. The molecule has 0 unspecified atom stereocenters. The average molecular weight is 354 g/mol. The maximum atomic E-state index is 12.9. The van der Waals surface area contributed by atoms with Crippen LogP contribution in [0.3, 0.4) is 0 Å². The molecule has 0 spiro atoms. The van der Waals surface area contributed by atoms with Crippen molar-refractivity contribution in [1.29, 1.82) is 0 Å². The third kappa shape index (κ3) is 2.81. The van der Waals surface area contributed by atoms with Crippen LogP contribution < -0.4 is 0 Å². The first-order valence-corrected chi connectivity index (χ1v) is 9.34. The molecule has 1 fully saturated rings. The molecule has 0 amide bonds. The molecule has 1 heterocycles. The molecule has 0 bridgehead atoms. The number of rotatable bonds is 5. The average Bonchev–Trinajstić information content (AvgIpc) is 3.08. The number of nitrogens with zero attached hydrogens (tertiary/aromatic N) is 1. The SMILES string of the molecule is CCS(=O)(=O)c1cc(Cl)ccc1C(=O)c1cnoc1C1(C)CC1. The lowest BCUT2D eigenvalue weighted by Gasteiger charge is -2.10. The molecule has 0 N–H and O–H groups in total. The number of aromatic nitrogens is 1. The van der Waals surface area contributed by atoms with E-state index in [1.165, 1.54) is 31.3 Å². The van der Waals surface area contributed by atoms with Crippen molar-refractivity contribution >= 4 is 27.2 Å². The van der Waals surface area contributed by atoms with E-state index in [9.17, 15) is 13.2 Å². The summed E-state index contributed by atoms with van der Waals surface area (Å²) < 4.78 is 29.8. The number of ketones is 1. The fourth-order valence-electron chi connectivity index (χ4n) is 2.49. The van der Waals surface area contributed by atoms with Gasteiger partial charge in [0.15, 0.2) is 21.4 Å². The van der Waals surface area contributed by atoms with Crippen molar-refractivity contribution in [2.24, 2.45) is 0 Å². The lowest BCUT2D eigenvalue weighted by Crippen LogP contribution is -2.14. The van der Waals surface area contributed by atoms with E-state index in [0.29, 0.717) is 11.3 Å². The molecule has 1 aliphatic carbocycles. The molecular weight excluding hydrogens is 338 g/mol. The molecule has 3 rings (SSSR count). The third-order valence-electron chi connectivity index (χ3n) is 4.27. The molecule has 7 heteroatoms. The molecule has 122 valence electrons. The highest BCUT2D eigenvalue weighted by molar-refractivity contribution is 7.91. The highest BCUT2D eigenvalue weighted by atomic mass is 35.5. The number of halogens is 1. The summed E-state index contributed by atoms with van der Waals surface area (Å²) in [7, 11) is -3.58. The highest BCUT2D eigenvalue weighted by Gasteiger charge is 2.45. The van der Waals surface area contributed by atoms with E-state index in [0.717, 1.165) is 12.8 Å². The Labute approximate surface area is 139 Å². The van der Waals surface area contributed by atoms with Gasteiger partial charge in [0.2, 0.25) is 0 Å². The van der Waals surface area contributed by atoms with Crippen molar-refractivity contribution in [3.8, 4) is 0 Å². The Hall–Kier alpha value is -1.66. The molecular formula is C16H16ClNO4S. The molecule has 0 atom stereocenters. The van der Waals surface area contributed by atoms with Gasteiger partial charge in [-0.2, -0.15) is 0 Å². The van der Waals surface area contributed by atoms with E-state index in [2.05, 4.69) is 5.16 Å². The van der Waals surface area contributed by atoms with Crippen molar-refractivity contribution < 1.29 is 17.7 Å². The van der Waals surface area contributed by atoms with E-state index in [1.54, 1.807) is 0 Å². The molecule has 5 nitrogen and oxygen atoms in total. The van der Waals surface area contributed by atoms with Gasteiger partial charge < -0.3 is 4.52 Å². The van der Waals surface area contributed by atoms with Gasteiger partial charge in [-0.1, -0.05) is 30.6 Å². The van der Waals surface area contributed by atoms with Gasteiger partial charge in [0, 0.05) is 16.0 Å². The number of hydrogen-bond acceptors (Lipinski definition) is 5. The second kappa shape index (κ2) is 5.46. The Bertz CT molecular complexity index is 881. The van der Waals surface area contributed by atoms with Gasteiger partial charge in [-0.15, -0.1) is 0 Å². The summed E-state index contributed by atoms with van der Waals surface area (Å²) >= 11 is 5.92. The zero-order chi connectivity index (χ0) is 16.8. The molecule has 1 aromatic heterocycles. The normalized spacial score (nSPS) is 16.3. The summed E-state index contributed by atoms with van der Waals surface area (Å²) in [4.78, 5) is 12.8. The minimum absolute atomic E-state index is 0.0504. The first kappa shape index (κ1) is 16.2. The second-order valence-electron chi connectivity index (χ2n) is 6.00. The van der Waals surface area contributed by atoms with Crippen LogP contribution in [0.25, 0.3) is 0 Å². The monoisotopic (exact) mass is 353 g/mol. The summed E-state index contributed by atoms with van der Waals surface area (Å²) in [5.41, 5.74) is 0.238. The summed E-state index contributed by atoms with van der Waals surface area (Å²) in [6.07, 6.45) is 3.20. The topological polar surface area (TPSA) is 77.2 Å². The molecule has 0 saturated heterocycles. The van der Waals surface area contributed by atoms with Crippen molar-refractivity contribution in [3.05, 3.63) is 46.3 Å². The smallest absolute Gasteiger partial charge is 0.199 e. The lowest BCUT2D eigenvalue weighted by atomic mass is 9.97. The third-order valence-corrected chi connectivity index (χ3v) is 6.27. The first-order valence-electron chi connectivity index (χ1n) is 7.31. The Morgan fingerprint density at radius 3 is 2.65 bits per heavy atom. The number of sulfone groups is 1. The Kier molecular flexibility index (Phi) is 3.84. The molecule has 1 aliphatic rings. The van der Waals surface area contributed by atoms with Gasteiger partial charge in [0.25, 0.3) is 0 Å². The Morgan fingerprint density at radius 1 is 1.35 bits per heavy atom. The van der Waals surface area contributed by atoms with Crippen LogP contribution in [0.4, 0.5) is 0 Å². The number of carbonyl (C=O) groups excluding carboxylic acids is 1. The maximum Gasteiger partial charge on any atom is 0.199 e. The van der Waals surface area contributed by atoms with Crippen LogP contribution in [0.15, 0.2) is 33.8 Å². The van der Waals surface area contributed by atoms with Gasteiger partial charge in [-0.05, 0) is 31.0 Å². The standard InChI is InChI=1S/C16H16ClNO4S/c1-3-23(20,21)13-8-10(17)4-5-11(13)14(19)12-9-18-22-15(12)16(2)6-7-16/h4-5,8-9H,3,6-7H2,1-2H3. The largest absolute Gasteiger partial charge is 0.360 e. The summed E-state index contributed by atoms with van der Waals surface area (Å²) in [6.45, 7) is 3.52. The molecule has 1 aromatic carbocycles. The van der Waals surface area contributed by atoms with Crippen molar-refractivity contribution in [2.45, 2.75) is 37.0 Å². The molecule has 0 radical (unpaired) electrons. The van der Waals surface area contributed by atoms with Crippen LogP contribution in [0.1, 0.15) is 48.4 Å². The van der Waals surface area contributed by atoms with E-state index < -0.39 is 15.6 Å². The minimum Gasteiger partial charge on any atom is -0.360 e. The van der Waals surface area contributed by atoms with Gasteiger partial charge in [-0.25, -0.2) is 8.42 Å². The van der Waals surface area contributed by atoms with E-state index in [1.807, 2.05) is 6.92 Å². The van der Waals surface area contributed by atoms with Crippen LogP contribution in [0.2, 0.25) is 5.02 Å². The van der Waals surface area contributed by atoms with Crippen LogP contribution in [0, 0.1) is 0 Å². The summed E-state index contributed by atoms with van der Waals surface area (Å²) in [6, 6.07) is 4.27. The Balaban J connectivity index is 2.13. The number of benzene rings is 1. The van der Waals surface area contributed by atoms with Crippen LogP contribution in [0.5, 0.6) is 0 Å². The minimum atomic E-state index is -3.58. The fourth-order valence-corrected chi connectivity index (χ4v) is 3.84. The van der Waals surface area contributed by atoms with Gasteiger partial charge in [0.05, 0.1) is 22.4 Å². The summed E-state index contributed by atoms with van der Waals surface area (Å²) in [5, 5.41) is 4.00. The van der Waals surface area contributed by atoms with E-state index >= 15 is 0 Å². The Morgan fingerprint density at radius 2 is 2.04 bits per heavy atom. The highest BCUT2D eigenvalue weighted by Crippen LogP contribution is 2.49. The van der Waals surface area contributed by atoms with Crippen LogP contribution >= 0.6 is 11.6 Å². The zero-order valence-electron chi connectivity index (χ0n) is 12.8.